The minimum atomic E-state index is -0.542. The molecular formula is C11H20N2O. The van der Waals surface area contributed by atoms with Crippen molar-refractivity contribution in [3.63, 3.8) is 0 Å². The normalized spacial score (nSPS) is 48.4. The molecule has 2 aliphatic carbocycles. The predicted octanol–water partition coefficient (Wildman–Crippen LogP) is 0.323. The highest BCUT2D eigenvalue weighted by Crippen LogP contribution is 2.45. The van der Waals surface area contributed by atoms with Crippen molar-refractivity contribution in [1.82, 2.24) is 4.90 Å². The van der Waals surface area contributed by atoms with Gasteiger partial charge < -0.3 is 10.8 Å². The molecule has 1 heterocycles. The van der Waals surface area contributed by atoms with Crippen LogP contribution in [0.5, 0.6) is 0 Å². The summed E-state index contributed by atoms with van der Waals surface area (Å²) in [7, 11) is 0. The molecule has 0 aromatic carbocycles. The van der Waals surface area contributed by atoms with Gasteiger partial charge in [-0.25, -0.2) is 0 Å². The van der Waals surface area contributed by atoms with E-state index in [1.54, 1.807) is 0 Å². The monoisotopic (exact) mass is 196 g/mol. The van der Waals surface area contributed by atoms with Gasteiger partial charge in [-0.3, -0.25) is 4.90 Å². The molecule has 80 valence electrons. The van der Waals surface area contributed by atoms with E-state index in [1.165, 1.54) is 19.3 Å². The zero-order valence-corrected chi connectivity index (χ0v) is 8.65. The van der Waals surface area contributed by atoms with Gasteiger partial charge in [0, 0.05) is 31.1 Å². The largest absolute Gasteiger partial charge is 0.388 e. The first-order chi connectivity index (χ1) is 6.73. The van der Waals surface area contributed by atoms with E-state index in [9.17, 15) is 5.11 Å². The Kier molecular flexibility index (Phi) is 1.92. The zero-order chi connectivity index (χ0) is 9.76. The van der Waals surface area contributed by atoms with Crippen LogP contribution in [0.25, 0.3) is 0 Å². The first-order valence-corrected chi connectivity index (χ1v) is 5.91. The molecule has 0 radical (unpaired) electrons. The Bertz CT molecular complexity index is 241. The van der Waals surface area contributed by atoms with E-state index in [0.717, 1.165) is 31.5 Å². The van der Waals surface area contributed by atoms with Gasteiger partial charge in [-0.05, 0) is 32.1 Å². The van der Waals surface area contributed by atoms with E-state index in [1.807, 2.05) is 0 Å². The topological polar surface area (TPSA) is 49.5 Å². The molecule has 2 saturated carbocycles. The SMILES string of the molecule is NCC1(O)CCC2CC1CN2C1CC1. The molecule has 3 N–H and O–H groups in total. The predicted molar refractivity (Wildman–Crippen MR) is 54.9 cm³/mol. The van der Waals surface area contributed by atoms with Crippen LogP contribution < -0.4 is 5.73 Å². The van der Waals surface area contributed by atoms with Crippen molar-refractivity contribution in [3.05, 3.63) is 0 Å². The molecule has 3 heteroatoms. The van der Waals surface area contributed by atoms with E-state index in [0.29, 0.717) is 12.5 Å². The number of fused-ring (bicyclic) bond motifs is 2. The first kappa shape index (κ1) is 9.13. The van der Waals surface area contributed by atoms with Crippen molar-refractivity contribution in [2.45, 2.75) is 49.8 Å². The maximum Gasteiger partial charge on any atom is 0.0810 e. The Morgan fingerprint density at radius 3 is 2.71 bits per heavy atom. The van der Waals surface area contributed by atoms with Gasteiger partial charge in [0.05, 0.1) is 5.60 Å². The van der Waals surface area contributed by atoms with Gasteiger partial charge in [0.2, 0.25) is 0 Å². The highest BCUT2D eigenvalue weighted by Gasteiger charge is 2.51. The molecule has 0 aromatic rings. The van der Waals surface area contributed by atoms with Crippen LogP contribution in [0, 0.1) is 5.92 Å². The van der Waals surface area contributed by atoms with Gasteiger partial charge in [-0.15, -0.1) is 0 Å². The maximum absolute atomic E-state index is 10.3. The maximum atomic E-state index is 10.3. The van der Waals surface area contributed by atoms with Crippen LogP contribution in [0.2, 0.25) is 0 Å². The van der Waals surface area contributed by atoms with Crippen molar-refractivity contribution in [2.75, 3.05) is 13.1 Å². The zero-order valence-electron chi connectivity index (χ0n) is 8.65. The standard InChI is InChI=1S/C11H20N2O/c12-7-11(14)4-3-10-5-8(11)6-13(10)9-1-2-9/h8-10,14H,1-7,12H2. The van der Waals surface area contributed by atoms with Crippen LogP contribution in [-0.4, -0.2) is 40.8 Å². The van der Waals surface area contributed by atoms with Crippen LogP contribution in [0.4, 0.5) is 0 Å². The van der Waals surface area contributed by atoms with E-state index in [-0.39, 0.29) is 0 Å². The van der Waals surface area contributed by atoms with E-state index < -0.39 is 5.60 Å². The number of hydrogen-bond donors (Lipinski definition) is 2. The third-order valence-electron chi connectivity index (χ3n) is 4.50. The number of rotatable bonds is 2. The molecule has 0 aromatic heterocycles. The number of nitrogens with zero attached hydrogens (tertiary/aromatic N) is 1. The van der Waals surface area contributed by atoms with Crippen LogP contribution in [0.3, 0.4) is 0 Å². The first-order valence-electron chi connectivity index (χ1n) is 5.91. The van der Waals surface area contributed by atoms with Gasteiger partial charge in [0.15, 0.2) is 0 Å². The number of hydrogen-bond acceptors (Lipinski definition) is 3. The average Bonchev–Trinajstić information content (AvgIpc) is 2.96. The fourth-order valence-corrected chi connectivity index (χ4v) is 3.36. The summed E-state index contributed by atoms with van der Waals surface area (Å²) in [5.74, 6) is 0.451. The van der Waals surface area contributed by atoms with Crippen LogP contribution in [-0.2, 0) is 0 Å². The molecule has 0 amide bonds. The molecule has 3 nitrogen and oxygen atoms in total. The summed E-state index contributed by atoms with van der Waals surface area (Å²) in [6, 6.07) is 1.62. The third kappa shape index (κ3) is 1.23. The summed E-state index contributed by atoms with van der Waals surface area (Å²) < 4.78 is 0. The van der Waals surface area contributed by atoms with E-state index in [4.69, 9.17) is 5.73 Å². The van der Waals surface area contributed by atoms with Crippen LogP contribution in [0.1, 0.15) is 32.1 Å². The van der Waals surface area contributed by atoms with Crippen molar-refractivity contribution < 1.29 is 5.11 Å². The molecule has 14 heavy (non-hydrogen) atoms. The molecule has 1 saturated heterocycles. The Hall–Kier alpha value is -0.120. The average molecular weight is 196 g/mol. The van der Waals surface area contributed by atoms with E-state index >= 15 is 0 Å². The Morgan fingerprint density at radius 1 is 1.29 bits per heavy atom. The number of nitrogens with two attached hydrogens (primary N) is 1. The minimum absolute atomic E-state index is 0.447. The van der Waals surface area contributed by atoms with Crippen LogP contribution in [0.15, 0.2) is 0 Å². The summed E-state index contributed by atoms with van der Waals surface area (Å²) >= 11 is 0. The number of aliphatic hydroxyl groups is 1. The Morgan fingerprint density at radius 2 is 2.07 bits per heavy atom. The van der Waals surface area contributed by atoms with Crippen molar-refractivity contribution >= 4 is 0 Å². The van der Waals surface area contributed by atoms with E-state index in [2.05, 4.69) is 4.90 Å². The third-order valence-corrected chi connectivity index (χ3v) is 4.50. The van der Waals surface area contributed by atoms with Gasteiger partial charge in [-0.2, -0.15) is 0 Å². The molecule has 0 spiro atoms. The summed E-state index contributed by atoms with van der Waals surface area (Å²) in [4.78, 5) is 2.64. The summed E-state index contributed by atoms with van der Waals surface area (Å²) in [6.07, 6.45) is 6.02. The molecule has 3 aliphatic rings. The molecule has 3 fully saturated rings. The molecule has 1 aliphatic heterocycles. The second-order valence-corrected chi connectivity index (χ2v) is 5.36. The minimum Gasteiger partial charge on any atom is -0.388 e. The Labute approximate surface area is 85.3 Å². The lowest BCUT2D eigenvalue weighted by molar-refractivity contribution is -0.0246. The molecule has 3 unspecified atom stereocenters. The highest BCUT2D eigenvalue weighted by molar-refractivity contribution is 5.05. The Balaban J connectivity index is 1.77. The molecule has 3 rings (SSSR count). The second-order valence-electron chi connectivity index (χ2n) is 5.36. The van der Waals surface area contributed by atoms with Crippen molar-refractivity contribution in [2.24, 2.45) is 11.7 Å². The highest BCUT2D eigenvalue weighted by atomic mass is 16.3. The van der Waals surface area contributed by atoms with Gasteiger partial charge in [0.25, 0.3) is 0 Å². The lowest BCUT2D eigenvalue weighted by Crippen LogP contribution is -2.47. The summed E-state index contributed by atoms with van der Waals surface area (Å²) in [5.41, 5.74) is 5.15. The molecule has 3 atom stereocenters. The summed E-state index contributed by atoms with van der Waals surface area (Å²) in [5, 5.41) is 10.3. The van der Waals surface area contributed by atoms with Gasteiger partial charge >= 0.3 is 0 Å². The lowest BCUT2D eigenvalue weighted by Gasteiger charge is -2.36. The molecular weight excluding hydrogens is 176 g/mol. The summed E-state index contributed by atoms with van der Waals surface area (Å²) in [6.45, 7) is 1.55. The quantitative estimate of drug-likeness (QED) is 0.669. The smallest absolute Gasteiger partial charge is 0.0810 e. The van der Waals surface area contributed by atoms with Gasteiger partial charge in [0.1, 0.15) is 0 Å². The number of likely N-dealkylation sites (tertiary alicyclic amines) is 1. The van der Waals surface area contributed by atoms with Crippen molar-refractivity contribution in [3.8, 4) is 0 Å². The van der Waals surface area contributed by atoms with Crippen molar-refractivity contribution in [1.29, 1.82) is 0 Å². The fourth-order valence-electron chi connectivity index (χ4n) is 3.36. The lowest BCUT2D eigenvalue weighted by atomic mass is 9.76. The molecule has 2 bridgehead atoms. The van der Waals surface area contributed by atoms with Gasteiger partial charge in [-0.1, -0.05) is 0 Å². The fraction of sp³-hybridized carbons (Fsp3) is 1.00. The second kappa shape index (κ2) is 2.94. The van der Waals surface area contributed by atoms with Crippen LogP contribution >= 0.6 is 0 Å².